The molecule has 2 aliphatic heterocycles. The standard InChI is InChI=1S/C22H26N2O2/c1-15-7-3-4-8-19(15)20-9-5-6-10-21(20)22(25)23-17-11-18-14-26-16(2)12-24(18)13-17/h3-10,16-18H,11-14H2,1-2H3,(H,23,25)/t16-,17+,18-/m0/s1. The van der Waals surface area contributed by atoms with Gasteiger partial charge in [-0.2, -0.15) is 0 Å². The van der Waals surface area contributed by atoms with Gasteiger partial charge in [-0.3, -0.25) is 9.69 Å². The lowest BCUT2D eigenvalue weighted by atomic mass is 9.95. The highest BCUT2D eigenvalue weighted by atomic mass is 16.5. The normalized spacial score (nSPS) is 25.7. The molecule has 0 aliphatic carbocycles. The van der Waals surface area contributed by atoms with Crippen molar-refractivity contribution in [3.63, 3.8) is 0 Å². The van der Waals surface area contributed by atoms with E-state index in [0.29, 0.717) is 6.04 Å². The maximum absolute atomic E-state index is 13.0. The molecule has 2 heterocycles. The zero-order valence-electron chi connectivity index (χ0n) is 15.4. The molecule has 4 rings (SSSR count). The number of ether oxygens (including phenoxy) is 1. The second kappa shape index (κ2) is 7.22. The van der Waals surface area contributed by atoms with Gasteiger partial charge in [0.05, 0.1) is 12.7 Å². The SMILES string of the molecule is Cc1ccccc1-c1ccccc1C(=O)N[C@@H]1C[C@H]2CO[C@@H](C)CN2C1. The van der Waals surface area contributed by atoms with Crippen LogP contribution in [-0.4, -0.2) is 48.7 Å². The lowest BCUT2D eigenvalue weighted by molar-refractivity contribution is -0.0390. The summed E-state index contributed by atoms with van der Waals surface area (Å²) in [5, 5.41) is 3.26. The summed E-state index contributed by atoms with van der Waals surface area (Å²) in [5.41, 5.74) is 4.04. The van der Waals surface area contributed by atoms with Crippen LogP contribution in [0.5, 0.6) is 0 Å². The average Bonchev–Trinajstić information content (AvgIpc) is 3.03. The third kappa shape index (κ3) is 3.39. The molecule has 2 saturated heterocycles. The third-order valence-electron chi connectivity index (χ3n) is 5.53. The first-order valence-electron chi connectivity index (χ1n) is 9.43. The molecule has 4 heteroatoms. The Morgan fingerprint density at radius 1 is 1.08 bits per heavy atom. The Bertz CT molecular complexity index is 804. The highest BCUT2D eigenvalue weighted by molar-refractivity contribution is 6.01. The van der Waals surface area contributed by atoms with Crippen LogP contribution in [0.2, 0.25) is 0 Å². The predicted molar refractivity (Wildman–Crippen MR) is 103 cm³/mol. The molecular weight excluding hydrogens is 324 g/mol. The number of nitrogens with one attached hydrogen (secondary N) is 1. The van der Waals surface area contributed by atoms with Gasteiger partial charge in [-0.25, -0.2) is 0 Å². The largest absolute Gasteiger partial charge is 0.376 e. The van der Waals surface area contributed by atoms with Crippen molar-refractivity contribution in [1.29, 1.82) is 0 Å². The molecular formula is C22H26N2O2. The molecule has 0 aromatic heterocycles. The van der Waals surface area contributed by atoms with Crippen LogP contribution in [-0.2, 0) is 4.74 Å². The number of carbonyl (C=O) groups is 1. The molecule has 0 unspecified atom stereocenters. The topological polar surface area (TPSA) is 41.6 Å². The number of hydrogen-bond acceptors (Lipinski definition) is 3. The summed E-state index contributed by atoms with van der Waals surface area (Å²) >= 11 is 0. The van der Waals surface area contributed by atoms with E-state index in [0.717, 1.165) is 42.8 Å². The second-order valence-corrected chi connectivity index (χ2v) is 7.52. The lowest BCUT2D eigenvalue weighted by Gasteiger charge is -2.33. The molecule has 2 fully saturated rings. The van der Waals surface area contributed by atoms with Crippen molar-refractivity contribution in [3.8, 4) is 11.1 Å². The van der Waals surface area contributed by atoms with Crippen molar-refractivity contribution in [3.05, 3.63) is 59.7 Å². The summed E-state index contributed by atoms with van der Waals surface area (Å²) in [6.07, 6.45) is 1.24. The van der Waals surface area contributed by atoms with Crippen molar-refractivity contribution in [2.75, 3.05) is 19.7 Å². The van der Waals surface area contributed by atoms with Crippen LogP contribution in [0, 0.1) is 6.92 Å². The van der Waals surface area contributed by atoms with Gasteiger partial charge in [-0.1, -0.05) is 42.5 Å². The summed E-state index contributed by atoms with van der Waals surface area (Å²) < 4.78 is 5.77. The Morgan fingerprint density at radius 2 is 1.81 bits per heavy atom. The summed E-state index contributed by atoms with van der Waals surface area (Å²) in [7, 11) is 0. The van der Waals surface area contributed by atoms with Crippen molar-refractivity contribution < 1.29 is 9.53 Å². The van der Waals surface area contributed by atoms with Gasteiger partial charge in [0.25, 0.3) is 5.91 Å². The maximum atomic E-state index is 13.0. The number of amides is 1. The van der Waals surface area contributed by atoms with E-state index in [9.17, 15) is 4.79 Å². The molecule has 1 amide bonds. The minimum Gasteiger partial charge on any atom is -0.376 e. The number of aryl methyl sites for hydroxylation is 1. The maximum Gasteiger partial charge on any atom is 0.252 e. The summed E-state index contributed by atoms with van der Waals surface area (Å²) in [4.78, 5) is 15.5. The molecule has 3 atom stereocenters. The van der Waals surface area contributed by atoms with Crippen molar-refractivity contribution in [2.45, 2.75) is 38.5 Å². The van der Waals surface area contributed by atoms with Crippen molar-refractivity contribution in [1.82, 2.24) is 10.2 Å². The molecule has 2 aromatic rings. The molecule has 136 valence electrons. The fraction of sp³-hybridized carbons (Fsp3) is 0.409. The second-order valence-electron chi connectivity index (χ2n) is 7.52. The molecule has 1 N–H and O–H groups in total. The van der Waals surface area contributed by atoms with E-state index < -0.39 is 0 Å². The molecule has 0 radical (unpaired) electrons. The number of benzene rings is 2. The van der Waals surface area contributed by atoms with Gasteiger partial charge in [-0.05, 0) is 43.0 Å². The van der Waals surface area contributed by atoms with Gasteiger partial charge in [0, 0.05) is 30.7 Å². The van der Waals surface area contributed by atoms with Gasteiger partial charge >= 0.3 is 0 Å². The first kappa shape index (κ1) is 17.3. The van der Waals surface area contributed by atoms with E-state index in [1.54, 1.807) is 0 Å². The molecule has 4 nitrogen and oxygen atoms in total. The molecule has 0 bridgehead atoms. The highest BCUT2D eigenvalue weighted by Crippen LogP contribution is 2.28. The molecule has 26 heavy (non-hydrogen) atoms. The first-order chi connectivity index (χ1) is 12.6. The van der Waals surface area contributed by atoms with Crippen LogP contribution >= 0.6 is 0 Å². The minimum atomic E-state index is 0.0164. The Kier molecular flexibility index (Phi) is 4.79. The molecule has 2 aromatic carbocycles. The Morgan fingerprint density at radius 3 is 2.62 bits per heavy atom. The van der Waals surface area contributed by atoms with Crippen LogP contribution in [0.3, 0.4) is 0 Å². The number of nitrogens with zero attached hydrogens (tertiary/aromatic N) is 1. The summed E-state index contributed by atoms with van der Waals surface area (Å²) in [6.45, 7) is 6.83. The predicted octanol–water partition coefficient (Wildman–Crippen LogP) is 3.25. The number of morpholine rings is 1. The van der Waals surface area contributed by atoms with E-state index in [2.05, 4.69) is 36.2 Å². The molecule has 0 spiro atoms. The number of carbonyl (C=O) groups excluding carboxylic acids is 1. The zero-order valence-corrected chi connectivity index (χ0v) is 15.4. The smallest absolute Gasteiger partial charge is 0.252 e. The van der Waals surface area contributed by atoms with Crippen LogP contribution in [0.25, 0.3) is 11.1 Å². The van der Waals surface area contributed by atoms with E-state index in [1.165, 1.54) is 5.56 Å². The molecule has 0 saturated carbocycles. The molecule has 2 aliphatic rings. The van der Waals surface area contributed by atoms with E-state index in [1.807, 2.05) is 36.4 Å². The van der Waals surface area contributed by atoms with Gasteiger partial charge in [0.15, 0.2) is 0 Å². The number of fused-ring (bicyclic) bond motifs is 1. The fourth-order valence-electron chi connectivity index (χ4n) is 4.20. The Labute approximate surface area is 155 Å². The summed E-state index contributed by atoms with van der Waals surface area (Å²) in [5.74, 6) is 0.0164. The first-order valence-corrected chi connectivity index (χ1v) is 9.43. The van der Waals surface area contributed by atoms with Crippen LogP contribution < -0.4 is 5.32 Å². The van der Waals surface area contributed by atoms with E-state index in [4.69, 9.17) is 4.74 Å². The average molecular weight is 350 g/mol. The Balaban J connectivity index is 1.52. The zero-order chi connectivity index (χ0) is 18.1. The number of rotatable bonds is 3. The lowest BCUT2D eigenvalue weighted by Crippen LogP contribution is -2.45. The van der Waals surface area contributed by atoms with Crippen LogP contribution in [0.15, 0.2) is 48.5 Å². The van der Waals surface area contributed by atoms with E-state index >= 15 is 0 Å². The third-order valence-corrected chi connectivity index (χ3v) is 5.53. The van der Waals surface area contributed by atoms with Crippen LogP contribution in [0.4, 0.5) is 0 Å². The quantitative estimate of drug-likeness (QED) is 0.924. The monoisotopic (exact) mass is 350 g/mol. The minimum absolute atomic E-state index is 0.0164. The Hall–Kier alpha value is -2.17. The van der Waals surface area contributed by atoms with Crippen molar-refractivity contribution >= 4 is 5.91 Å². The van der Waals surface area contributed by atoms with Gasteiger partial charge in [0.2, 0.25) is 0 Å². The van der Waals surface area contributed by atoms with Crippen LogP contribution in [0.1, 0.15) is 29.3 Å². The van der Waals surface area contributed by atoms with Gasteiger partial charge in [0.1, 0.15) is 0 Å². The highest BCUT2D eigenvalue weighted by Gasteiger charge is 2.36. The fourth-order valence-corrected chi connectivity index (χ4v) is 4.20. The van der Waals surface area contributed by atoms with Gasteiger partial charge in [-0.15, -0.1) is 0 Å². The van der Waals surface area contributed by atoms with Crippen molar-refractivity contribution in [2.24, 2.45) is 0 Å². The summed E-state index contributed by atoms with van der Waals surface area (Å²) in [6, 6.07) is 16.7. The van der Waals surface area contributed by atoms with E-state index in [-0.39, 0.29) is 18.1 Å². The number of hydrogen-bond donors (Lipinski definition) is 1. The van der Waals surface area contributed by atoms with Gasteiger partial charge < -0.3 is 10.1 Å².